The fourth-order valence-corrected chi connectivity index (χ4v) is 2.79. The molecular weight excluding hydrogens is 345 g/mol. The van der Waals surface area contributed by atoms with Gasteiger partial charge in [0.2, 0.25) is 0 Å². The highest BCUT2D eigenvalue weighted by atomic mass is 127. The Morgan fingerprint density at radius 2 is 1.78 bits per heavy atom. The van der Waals surface area contributed by atoms with Gasteiger partial charge in [0.15, 0.2) is 0 Å². The van der Waals surface area contributed by atoms with E-state index in [1.165, 1.54) is 3.57 Å². The maximum atomic E-state index is 9.37. The molecule has 18 heavy (non-hydrogen) atoms. The van der Waals surface area contributed by atoms with Crippen molar-refractivity contribution >= 4 is 34.2 Å². The molecule has 0 atom stereocenters. The predicted molar refractivity (Wildman–Crippen MR) is 78.2 cm³/mol. The van der Waals surface area contributed by atoms with Crippen LogP contribution in [0.3, 0.4) is 0 Å². The molecule has 0 aliphatic carbocycles. The summed E-state index contributed by atoms with van der Waals surface area (Å²) in [6.07, 6.45) is -0.198. The molecule has 2 aliphatic heterocycles. The highest BCUT2D eigenvalue weighted by molar-refractivity contribution is 14.1. The lowest BCUT2D eigenvalue weighted by Crippen LogP contribution is -2.51. The zero-order chi connectivity index (χ0) is 12.5. The molecule has 2 saturated heterocycles. The summed E-state index contributed by atoms with van der Waals surface area (Å²) in [6, 6.07) is 4.17. The molecule has 0 spiro atoms. The highest BCUT2D eigenvalue weighted by Gasteiger charge is 2.26. The predicted octanol–water partition coefficient (Wildman–Crippen LogP) is 0.704. The van der Waals surface area contributed by atoms with E-state index < -0.39 is 0 Å². The van der Waals surface area contributed by atoms with Crippen molar-refractivity contribution in [1.29, 1.82) is 0 Å². The van der Waals surface area contributed by atoms with Gasteiger partial charge in [-0.25, -0.2) is 4.98 Å². The summed E-state index contributed by atoms with van der Waals surface area (Å²) in [5.41, 5.74) is 0. The van der Waals surface area contributed by atoms with Gasteiger partial charge in [0.05, 0.1) is 19.3 Å². The number of anilines is 2. The first-order valence-electron chi connectivity index (χ1n) is 6.16. The minimum absolute atomic E-state index is 0.198. The van der Waals surface area contributed by atoms with Crippen molar-refractivity contribution in [2.75, 3.05) is 49.2 Å². The standard InChI is InChI=1S/C12H16IN3O2/c13-9-5-11(15-1-3-18-4-2-15)14-12(6-9)16-7-10(17)8-16/h5-6,10,17H,1-4,7-8H2. The van der Waals surface area contributed by atoms with Crippen molar-refractivity contribution in [2.24, 2.45) is 0 Å². The number of halogens is 1. The zero-order valence-electron chi connectivity index (χ0n) is 10.0. The molecule has 0 saturated carbocycles. The Kier molecular flexibility index (Phi) is 3.58. The number of aliphatic hydroxyl groups is 1. The fourth-order valence-electron chi connectivity index (χ4n) is 2.23. The van der Waals surface area contributed by atoms with Crippen LogP contribution in [0.1, 0.15) is 0 Å². The molecule has 0 amide bonds. The summed E-state index contributed by atoms with van der Waals surface area (Å²) in [7, 11) is 0. The second-order valence-corrected chi connectivity index (χ2v) is 5.91. The molecule has 3 rings (SSSR count). The average Bonchev–Trinajstić information content (AvgIpc) is 2.35. The van der Waals surface area contributed by atoms with Gasteiger partial charge in [0.1, 0.15) is 11.6 Å². The molecule has 2 fully saturated rings. The SMILES string of the molecule is OC1CN(c2cc(I)cc(N3CCOCC3)n2)C1. The van der Waals surface area contributed by atoms with Crippen LogP contribution in [0.5, 0.6) is 0 Å². The Labute approximate surface area is 120 Å². The molecule has 2 aliphatic rings. The third-order valence-electron chi connectivity index (χ3n) is 3.28. The first-order valence-corrected chi connectivity index (χ1v) is 7.23. The number of nitrogens with zero attached hydrogens (tertiary/aromatic N) is 3. The maximum Gasteiger partial charge on any atom is 0.132 e. The van der Waals surface area contributed by atoms with Crippen LogP contribution in [0.25, 0.3) is 0 Å². The molecule has 1 aromatic heterocycles. The molecule has 98 valence electrons. The van der Waals surface area contributed by atoms with Gasteiger partial charge in [-0.3, -0.25) is 0 Å². The second-order valence-electron chi connectivity index (χ2n) is 4.66. The minimum atomic E-state index is -0.198. The molecule has 5 nitrogen and oxygen atoms in total. The van der Waals surface area contributed by atoms with E-state index in [0.29, 0.717) is 13.1 Å². The largest absolute Gasteiger partial charge is 0.389 e. The van der Waals surface area contributed by atoms with Crippen molar-refractivity contribution in [3.8, 4) is 0 Å². The number of ether oxygens (including phenoxy) is 1. The van der Waals surface area contributed by atoms with Crippen LogP contribution < -0.4 is 9.80 Å². The number of aromatic nitrogens is 1. The van der Waals surface area contributed by atoms with Crippen LogP contribution in [-0.4, -0.2) is 55.6 Å². The average molecular weight is 361 g/mol. The first-order chi connectivity index (χ1) is 8.72. The van der Waals surface area contributed by atoms with Gasteiger partial charge in [-0.05, 0) is 34.7 Å². The van der Waals surface area contributed by atoms with Crippen LogP contribution in [0.4, 0.5) is 11.6 Å². The third kappa shape index (κ3) is 2.55. The number of aliphatic hydroxyl groups excluding tert-OH is 1. The lowest BCUT2D eigenvalue weighted by Gasteiger charge is -2.37. The summed E-state index contributed by atoms with van der Waals surface area (Å²) in [5, 5.41) is 9.37. The van der Waals surface area contributed by atoms with Gasteiger partial charge in [0.25, 0.3) is 0 Å². The molecule has 0 radical (unpaired) electrons. The van der Waals surface area contributed by atoms with E-state index >= 15 is 0 Å². The van der Waals surface area contributed by atoms with Gasteiger partial charge in [-0.2, -0.15) is 0 Å². The summed E-state index contributed by atoms with van der Waals surface area (Å²) in [5.74, 6) is 1.98. The van der Waals surface area contributed by atoms with E-state index in [-0.39, 0.29) is 6.10 Å². The third-order valence-corrected chi connectivity index (χ3v) is 3.91. The van der Waals surface area contributed by atoms with Gasteiger partial charge in [0, 0.05) is 29.7 Å². The first kappa shape index (κ1) is 12.4. The van der Waals surface area contributed by atoms with E-state index in [4.69, 9.17) is 9.72 Å². The smallest absolute Gasteiger partial charge is 0.132 e. The van der Waals surface area contributed by atoms with Crippen molar-refractivity contribution < 1.29 is 9.84 Å². The Morgan fingerprint density at radius 3 is 2.39 bits per heavy atom. The summed E-state index contributed by atoms with van der Waals surface area (Å²) < 4.78 is 6.54. The van der Waals surface area contributed by atoms with Gasteiger partial charge in [-0.15, -0.1) is 0 Å². The number of morpholine rings is 1. The molecule has 1 N–H and O–H groups in total. The summed E-state index contributed by atoms with van der Waals surface area (Å²) in [6.45, 7) is 4.71. The van der Waals surface area contributed by atoms with Crippen LogP contribution in [-0.2, 0) is 4.74 Å². The number of hydrogen-bond donors (Lipinski definition) is 1. The minimum Gasteiger partial charge on any atom is -0.389 e. The lowest BCUT2D eigenvalue weighted by atomic mass is 10.2. The quantitative estimate of drug-likeness (QED) is 0.787. The molecule has 1 aromatic rings. The Bertz CT molecular complexity index is 431. The van der Waals surface area contributed by atoms with E-state index in [1.54, 1.807) is 0 Å². The summed E-state index contributed by atoms with van der Waals surface area (Å²) in [4.78, 5) is 9.06. The van der Waals surface area contributed by atoms with Crippen LogP contribution >= 0.6 is 22.6 Å². The van der Waals surface area contributed by atoms with E-state index in [1.807, 2.05) is 0 Å². The van der Waals surface area contributed by atoms with Crippen molar-refractivity contribution in [2.45, 2.75) is 6.10 Å². The Balaban J connectivity index is 1.81. The Hall–Kier alpha value is -0.600. The molecule has 0 bridgehead atoms. The highest BCUT2D eigenvalue weighted by Crippen LogP contribution is 2.25. The van der Waals surface area contributed by atoms with Gasteiger partial charge in [-0.1, -0.05) is 0 Å². The number of rotatable bonds is 2. The van der Waals surface area contributed by atoms with E-state index in [0.717, 1.165) is 37.9 Å². The molecule has 6 heteroatoms. The number of hydrogen-bond acceptors (Lipinski definition) is 5. The number of β-amino-alcohol motifs (C(OH)–C–C–N with tert-alkyl or cyclic N) is 1. The molecular formula is C12H16IN3O2. The van der Waals surface area contributed by atoms with E-state index in [9.17, 15) is 5.11 Å². The van der Waals surface area contributed by atoms with Crippen LogP contribution in [0, 0.1) is 3.57 Å². The van der Waals surface area contributed by atoms with Crippen LogP contribution in [0.2, 0.25) is 0 Å². The lowest BCUT2D eigenvalue weighted by molar-refractivity contribution is 0.122. The normalized spacial score (nSPS) is 21.0. The number of pyridine rings is 1. The van der Waals surface area contributed by atoms with Crippen molar-refractivity contribution in [1.82, 2.24) is 4.98 Å². The monoisotopic (exact) mass is 361 g/mol. The molecule has 0 unspecified atom stereocenters. The zero-order valence-corrected chi connectivity index (χ0v) is 12.2. The van der Waals surface area contributed by atoms with Gasteiger partial charge >= 0.3 is 0 Å². The van der Waals surface area contributed by atoms with Crippen molar-refractivity contribution in [3.05, 3.63) is 15.7 Å². The van der Waals surface area contributed by atoms with Crippen LogP contribution in [0.15, 0.2) is 12.1 Å². The van der Waals surface area contributed by atoms with Gasteiger partial charge < -0.3 is 19.6 Å². The molecule has 3 heterocycles. The summed E-state index contributed by atoms with van der Waals surface area (Å²) >= 11 is 2.32. The van der Waals surface area contributed by atoms with Crippen molar-refractivity contribution in [3.63, 3.8) is 0 Å². The van der Waals surface area contributed by atoms with E-state index in [2.05, 4.69) is 44.5 Å². The Morgan fingerprint density at radius 1 is 1.17 bits per heavy atom. The molecule has 0 aromatic carbocycles. The fraction of sp³-hybridized carbons (Fsp3) is 0.583. The second kappa shape index (κ2) is 5.18. The maximum absolute atomic E-state index is 9.37. The topological polar surface area (TPSA) is 48.8 Å².